The lowest BCUT2D eigenvalue weighted by Crippen LogP contribution is -2.53. The van der Waals surface area contributed by atoms with E-state index in [2.05, 4.69) is 62.4 Å². The predicted octanol–water partition coefficient (Wildman–Crippen LogP) is 6.62. The zero-order valence-corrected chi connectivity index (χ0v) is 26.7. The van der Waals surface area contributed by atoms with Gasteiger partial charge in [0.05, 0.1) is 0 Å². The maximum absolute atomic E-state index is 6.49. The van der Waals surface area contributed by atoms with Gasteiger partial charge < -0.3 is 26.6 Å². The fraction of sp³-hybridized carbons (Fsp3) is 0.586. The van der Waals surface area contributed by atoms with Crippen molar-refractivity contribution in [2.24, 2.45) is 11.8 Å². The summed E-state index contributed by atoms with van der Waals surface area (Å²) in [6.45, 7) is 8.01. The number of halogens is 2. The Balaban J connectivity index is 1.30. The van der Waals surface area contributed by atoms with Crippen molar-refractivity contribution in [2.75, 3.05) is 39.6 Å². The first-order valence-corrected chi connectivity index (χ1v) is 19.0. The molecule has 0 aliphatic carbocycles. The molecule has 6 nitrogen and oxygen atoms in total. The second-order valence-electron chi connectivity index (χ2n) is 10.8. The average Bonchev–Trinajstić information content (AvgIpc) is 2.99. The Morgan fingerprint density at radius 1 is 0.718 bits per heavy atom. The quantitative estimate of drug-likeness (QED) is 0.177. The van der Waals surface area contributed by atoms with Gasteiger partial charge in [-0.25, -0.2) is 0 Å². The van der Waals surface area contributed by atoms with E-state index >= 15 is 0 Å². The van der Waals surface area contributed by atoms with Crippen molar-refractivity contribution < 1.29 is 26.6 Å². The molecule has 2 heterocycles. The van der Waals surface area contributed by atoms with Gasteiger partial charge >= 0.3 is 17.6 Å². The van der Waals surface area contributed by atoms with Gasteiger partial charge in [0.15, 0.2) is 0 Å². The Kier molecular flexibility index (Phi) is 12.3. The summed E-state index contributed by atoms with van der Waals surface area (Å²) in [6.07, 6.45) is 2.59. The highest BCUT2D eigenvalue weighted by Crippen LogP contribution is 2.27. The third-order valence-corrected chi connectivity index (χ3v) is 13.1. The van der Waals surface area contributed by atoms with Crippen molar-refractivity contribution in [3.8, 4) is 0 Å². The van der Waals surface area contributed by atoms with Crippen LogP contribution in [0.2, 0.25) is 12.1 Å². The van der Waals surface area contributed by atoms with Crippen LogP contribution in [0.3, 0.4) is 0 Å². The molecule has 0 N–H and O–H groups in total. The first kappa shape index (κ1) is 31.2. The number of benzene rings is 2. The van der Waals surface area contributed by atoms with E-state index in [0.29, 0.717) is 57.3 Å². The van der Waals surface area contributed by atoms with E-state index in [9.17, 15) is 0 Å². The minimum atomic E-state index is -2.79. The minimum absolute atomic E-state index is 0.144. The van der Waals surface area contributed by atoms with Crippen molar-refractivity contribution >= 4 is 40.8 Å². The highest BCUT2D eigenvalue weighted by atomic mass is 35.5. The Bertz CT molecular complexity index is 980. The number of aryl methyl sites for hydroxylation is 2. The summed E-state index contributed by atoms with van der Waals surface area (Å²) in [5.41, 5.74) is 4.71. The molecule has 0 spiro atoms. The van der Waals surface area contributed by atoms with E-state index in [1.165, 1.54) is 11.1 Å². The molecule has 39 heavy (non-hydrogen) atoms. The maximum atomic E-state index is 6.49. The van der Waals surface area contributed by atoms with E-state index in [1.54, 1.807) is 0 Å². The molecule has 10 heteroatoms. The highest BCUT2D eigenvalue weighted by molar-refractivity contribution is 6.61. The summed E-state index contributed by atoms with van der Waals surface area (Å²) in [6, 6.07) is 18.3. The van der Waals surface area contributed by atoms with E-state index in [4.69, 9.17) is 49.8 Å². The summed E-state index contributed by atoms with van der Waals surface area (Å²) in [5.74, 6) is 1.56. The van der Waals surface area contributed by atoms with Gasteiger partial charge in [0.25, 0.3) is 0 Å². The van der Waals surface area contributed by atoms with Gasteiger partial charge in [0, 0.05) is 75.3 Å². The number of hydrogen-bond donors (Lipinski definition) is 0. The highest BCUT2D eigenvalue weighted by Gasteiger charge is 2.46. The summed E-state index contributed by atoms with van der Waals surface area (Å²) in [5, 5.41) is 0. The molecule has 0 bridgehead atoms. The van der Waals surface area contributed by atoms with Crippen molar-refractivity contribution in [3.05, 3.63) is 70.8 Å². The lowest BCUT2D eigenvalue weighted by atomic mass is 10.1. The summed E-state index contributed by atoms with van der Waals surface area (Å²) in [7, 11) is -5.54. The molecular formula is C29H42Cl2O6Si2. The van der Waals surface area contributed by atoms with E-state index in [-0.39, 0.29) is 5.92 Å². The molecular weight excluding hydrogens is 571 g/mol. The fourth-order valence-electron chi connectivity index (χ4n) is 4.56. The number of alkyl halides is 2. The van der Waals surface area contributed by atoms with Crippen molar-refractivity contribution in [3.63, 3.8) is 0 Å². The third kappa shape index (κ3) is 9.63. The molecule has 2 aromatic carbocycles. The van der Waals surface area contributed by atoms with Gasteiger partial charge in [0.2, 0.25) is 0 Å². The summed E-state index contributed by atoms with van der Waals surface area (Å²) < 4.78 is 37.9. The molecule has 1 unspecified atom stereocenters. The topological polar surface area (TPSA) is 55.4 Å². The molecule has 2 saturated heterocycles. The van der Waals surface area contributed by atoms with Gasteiger partial charge in [-0.2, -0.15) is 0 Å². The second kappa shape index (κ2) is 15.4. The van der Waals surface area contributed by atoms with Crippen LogP contribution >= 0.6 is 23.2 Å². The third-order valence-electron chi connectivity index (χ3n) is 7.08. The molecule has 2 fully saturated rings. The van der Waals surface area contributed by atoms with Crippen molar-refractivity contribution in [2.45, 2.75) is 57.0 Å². The fourth-order valence-corrected chi connectivity index (χ4v) is 10.5. The maximum Gasteiger partial charge on any atom is 0.501 e. The zero-order chi connectivity index (χ0) is 27.6. The minimum Gasteiger partial charge on any atom is -0.373 e. The van der Waals surface area contributed by atoms with Crippen molar-refractivity contribution in [1.82, 2.24) is 0 Å². The van der Waals surface area contributed by atoms with Gasteiger partial charge in [-0.05, 0) is 41.5 Å². The molecule has 216 valence electrons. The molecule has 0 radical (unpaired) electrons. The van der Waals surface area contributed by atoms with Crippen LogP contribution in [0.15, 0.2) is 48.5 Å². The summed E-state index contributed by atoms with van der Waals surface area (Å²) >= 11 is 11.9. The van der Waals surface area contributed by atoms with Gasteiger partial charge in [-0.3, -0.25) is 0 Å². The molecule has 0 amide bonds. The van der Waals surface area contributed by atoms with E-state index < -0.39 is 17.6 Å². The van der Waals surface area contributed by atoms with E-state index in [0.717, 1.165) is 42.5 Å². The lowest BCUT2D eigenvalue weighted by molar-refractivity contribution is -0.0196. The SMILES string of the molecule is CC(CO[Si]1(CCc2ccc(CCl)cc2)OCCCO1)CO[Si]1(CCc2ccc(CCl)cc2)OCC(C)CO1. The molecule has 4 rings (SSSR count). The van der Waals surface area contributed by atoms with E-state index in [1.807, 2.05) is 0 Å². The van der Waals surface area contributed by atoms with Crippen LogP contribution in [0.25, 0.3) is 0 Å². The predicted molar refractivity (Wildman–Crippen MR) is 159 cm³/mol. The molecule has 2 aliphatic rings. The van der Waals surface area contributed by atoms with Gasteiger partial charge in [-0.1, -0.05) is 62.4 Å². The van der Waals surface area contributed by atoms with Crippen LogP contribution < -0.4 is 0 Å². The molecule has 0 aromatic heterocycles. The average molecular weight is 614 g/mol. The molecule has 0 saturated carbocycles. The molecule has 2 aliphatic heterocycles. The van der Waals surface area contributed by atoms with Crippen LogP contribution in [0.5, 0.6) is 0 Å². The smallest absolute Gasteiger partial charge is 0.373 e. The van der Waals surface area contributed by atoms with Crippen molar-refractivity contribution in [1.29, 1.82) is 0 Å². The van der Waals surface area contributed by atoms with Gasteiger partial charge in [-0.15, -0.1) is 23.2 Å². The van der Waals surface area contributed by atoms with Crippen LogP contribution in [0.4, 0.5) is 0 Å². The largest absolute Gasteiger partial charge is 0.501 e. The van der Waals surface area contributed by atoms with Crippen LogP contribution in [-0.4, -0.2) is 57.3 Å². The molecule has 1 atom stereocenters. The molecule has 2 aromatic rings. The Labute approximate surface area is 245 Å². The Hall–Kier alpha value is -0.786. The number of rotatable bonds is 14. The number of hydrogen-bond acceptors (Lipinski definition) is 6. The van der Waals surface area contributed by atoms with Crippen LogP contribution in [-0.2, 0) is 51.2 Å². The van der Waals surface area contributed by atoms with Crippen LogP contribution in [0.1, 0.15) is 42.5 Å². The Morgan fingerprint density at radius 3 is 1.56 bits per heavy atom. The summed E-state index contributed by atoms with van der Waals surface area (Å²) in [4.78, 5) is 0. The normalized spacial score (nSPS) is 23.9. The van der Waals surface area contributed by atoms with Crippen LogP contribution in [0, 0.1) is 11.8 Å². The lowest BCUT2D eigenvalue weighted by Gasteiger charge is -2.37. The first-order valence-electron chi connectivity index (χ1n) is 14.0. The Morgan fingerprint density at radius 2 is 1.13 bits per heavy atom. The second-order valence-corrected chi connectivity index (χ2v) is 16.8. The monoisotopic (exact) mass is 612 g/mol. The van der Waals surface area contributed by atoms with Gasteiger partial charge in [0.1, 0.15) is 0 Å². The first-order chi connectivity index (χ1) is 18.9. The zero-order valence-electron chi connectivity index (χ0n) is 23.2. The standard InChI is InChI=1S/C29H42Cl2O6Si2/c1-24(20-34-38(32-14-3-15-33-38)16-12-26-4-8-28(18-30)9-5-26)21-35-39(36-22-25(2)23-37-39)17-13-27-6-10-29(19-31)11-7-27/h4-11,24-25H,3,12-23H2,1-2H3.